The third-order valence-corrected chi connectivity index (χ3v) is 2.52. The monoisotopic (exact) mass is 210 g/mol. The van der Waals surface area contributed by atoms with Crippen molar-refractivity contribution in [2.75, 3.05) is 13.6 Å². The van der Waals surface area contributed by atoms with E-state index in [9.17, 15) is 4.79 Å². The van der Waals surface area contributed by atoms with Crippen molar-refractivity contribution in [2.24, 2.45) is 17.1 Å². The summed E-state index contributed by atoms with van der Waals surface area (Å²) in [6.07, 6.45) is 4.62. The summed E-state index contributed by atoms with van der Waals surface area (Å²) in [6.45, 7) is 7.18. The van der Waals surface area contributed by atoms with E-state index in [1.807, 2.05) is 24.1 Å². The van der Waals surface area contributed by atoms with Crippen LogP contribution < -0.4 is 5.73 Å². The maximum atomic E-state index is 12.0. The van der Waals surface area contributed by atoms with Crippen molar-refractivity contribution in [3.8, 4) is 0 Å². The highest BCUT2D eigenvalue weighted by atomic mass is 16.2. The van der Waals surface area contributed by atoms with Gasteiger partial charge in [0.2, 0.25) is 5.91 Å². The largest absolute Gasteiger partial charge is 0.345 e. The minimum Gasteiger partial charge on any atom is -0.345 e. The Labute approximate surface area is 92.3 Å². The molecular formula is C12H22N2O. The second-order valence-electron chi connectivity index (χ2n) is 5.65. The van der Waals surface area contributed by atoms with Crippen LogP contribution >= 0.6 is 0 Å². The standard InChI is InChI=1S/C12H22N2O/c1-12(2,3)8-14(4)11(15)9-5-6-10(13)7-9/h5-6,9-10H,7-8,13H2,1-4H3. The lowest BCUT2D eigenvalue weighted by molar-refractivity contribution is -0.133. The van der Waals surface area contributed by atoms with Gasteiger partial charge in [-0.1, -0.05) is 32.9 Å². The van der Waals surface area contributed by atoms with Crippen LogP contribution in [0.25, 0.3) is 0 Å². The van der Waals surface area contributed by atoms with E-state index >= 15 is 0 Å². The molecule has 1 amide bonds. The fourth-order valence-electron chi connectivity index (χ4n) is 1.98. The number of carbonyl (C=O) groups is 1. The molecular weight excluding hydrogens is 188 g/mol. The lowest BCUT2D eigenvalue weighted by atomic mass is 9.95. The zero-order valence-corrected chi connectivity index (χ0v) is 10.2. The molecule has 0 fully saturated rings. The van der Waals surface area contributed by atoms with Gasteiger partial charge in [-0.05, 0) is 11.8 Å². The third-order valence-electron chi connectivity index (χ3n) is 2.52. The number of carbonyl (C=O) groups excluding carboxylic acids is 1. The summed E-state index contributed by atoms with van der Waals surface area (Å²) >= 11 is 0. The van der Waals surface area contributed by atoms with Gasteiger partial charge < -0.3 is 10.6 Å². The Kier molecular flexibility index (Phi) is 3.55. The molecule has 86 valence electrons. The van der Waals surface area contributed by atoms with Gasteiger partial charge in [0, 0.05) is 19.6 Å². The van der Waals surface area contributed by atoms with Gasteiger partial charge in [-0.15, -0.1) is 0 Å². The number of amides is 1. The Morgan fingerprint density at radius 3 is 2.47 bits per heavy atom. The molecule has 15 heavy (non-hydrogen) atoms. The molecule has 2 atom stereocenters. The summed E-state index contributed by atoms with van der Waals surface area (Å²) in [7, 11) is 1.87. The molecule has 0 saturated heterocycles. The second kappa shape index (κ2) is 4.35. The Balaban J connectivity index is 2.51. The van der Waals surface area contributed by atoms with Crippen LogP contribution in [0.15, 0.2) is 12.2 Å². The highest BCUT2D eigenvalue weighted by Gasteiger charge is 2.27. The van der Waals surface area contributed by atoms with E-state index in [-0.39, 0.29) is 23.3 Å². The Bertz CT molecular complexity index is 265. The molecule has 1 rings (SSSR count). The summed E-state index contributed by atoms with van der Waals surface area (Å²) in [6, 6.07) is 0.0574. The van der Waals surface area contributed by atoms with Crippen LogP contribution in [0.5, 0.6) is 0 Å². The van der Waals surface area contributed by atoms with Crippen LogP contribution in [0.3, 0.4) is 0 Å². The van der Waals surface area contributed by atoms with Crippen LogP contribution in [-0.2, 0) is 4.79 Å². The van der Waals surface area contributed by atoms with Crippen LogP contribution in [0.2, 0.25) is 0 Å². The first kappa shape index (κ1) is 12.2. The van der Waals surface area contributed by atoms with Crippen LogP contribution in [0.4, 0.5) is 0 Å². The summed E-state index contributed by atoms with van der Waals surface area (Å²) in [5.41, 5.74) is 5.88. The van der Waals surface area contributed by atoms with Crippen LogP contribution in [-0.4, -0.2) is 30.4 Å². The predicted molar refractivity (Wildman–Crippen MR) is 62.3 cm³/mol. The molecule has 0 spiro atoms. The highest BCUT2D eigenvalue weighted by Crippen LogP contribution is 2.21. The van der Waals surface area contributed by atoms with Gasteiger partial charge in [-0.2, -0.15) is 0 Å². The lowest BCUT2D eigenvalue weighted by Gasteiger charge is -2.28. The lowest BCUT2D eigenvalue weighted by Crippen LogP contribution is -2.38. The average molecular weight is 210 g/mol. The first-order valence-corrected chi connectivity index (χ1v) is 5.48. The number of hydrogen-bond donors (Lipinski definition) is 1. The van der Waals surface area contributed by atoms with E-state index in [0.29, 0.717) is 0 Å². The van der Waals surface area contributed by atoms with Crippen LogP contribution in [0.1, 0.15) is 27.2 Å². The zero-order valence-electron chi connectivity index (χ0n) is 10.2. The first-order chi connectivity index (χ1) is 6.79. The van der Waals surface area contributed by atoms with E-state index in [2.05, 4.69) is 20.8 Å². The second-order valence-corrected chi connectivity index (χ2v) is 5.65. The average Bonchev–Trinajstić information content (AvgIpc) is 2.47. The quantitative estimate of drug-likeness (QED) is 0.700. The molecule has 0 aromatic heterocycles. The van der Waals surface area contributed by atoms with Crippen molar-refractivity contribution in [1.82, 2.24) is 4.90 Å². The Morgan fingerprint density at radius 1 is 1.47 bits per heavy atom. The van der Waals surface area contributed by atoms with Crippen molar-refractivity contribution in [3.05, 3.63) is 12.2 Å². The van der Waals surface area contributed by atoms with Crippen molar-refractivity contribution in [3.63, 3.8) is 0 Å². The normalized spacial score (nSPS) is 25.7. The predicted octanol–water partition coefficient (Wildman–Crippen LogP) is 1.39. The van der Waals surface area contributed by atoms with Crippen molar-refractivity contribution >= 4 is 5.91 Å². The number of rotatable bonds is 2. The molecule has 0 saturated carbocycles. The van der Waals surface area contributed by atoms with Gasteiger partial charge >= 0.3 is 0 Å². The smallest absolute Gasteiger partial charge is 0.229 e. The minimum atomic E-state index is -0.00708. The number of nitrogens with zero attached hydrogens (tertiary/aromatic N) is 1. The van der Waals surface area contributed by atoms with E-state index < -0.39 is 0 Å². The van der Waals surface area contributed by atoms with Gasteiger partial charge in [0.1, 0.15) is 0 Å². The highest BCUT2D eigenvalue weighted by molar-refractivity contribution is 5.81. The first-order valence-electron chi connectivity index (χ1n) is 5.48. The fraction of sp³-hybridized carbons (Fsp3) is 0.750. The molecule has 3 nitrogen and oxygen atoms in total. The summed E-state index contributed by atoms with van der Waals surface area (Å²) in [5.74, 6) is 0.182. The van der Waals surface area contributed by atoms with E-state index in [1.165, 1.54) is 0 Å². The molecule has 0 aromatic rings. The molecule has 3 heteroatoms. The molecule has 2 N–H and O–H groups in total. The SMILES string of the molecule is CN(CC(C)(C)C)C(=O)C1C=CC(N)C1. The molecule has 0 aromatic carbocycles. The molecule has 2 unspecified atom stereocenters. The molecule has 0 heterocycles. The third kappa shape index (κ3) is 3.67. The van der Waals surface area contributed by atoms with Gasteiger partial charge in [-0.3, -0.25) is 4.79 Å². The Hall–Kier alpha value is -0.830. The zero-order chi connectivity index (χ0) is 11.6. The van der Waals surface area contributed by atoms with Gasteiger partial charge in [0.25, 0.3) is 0 Å². The molecule has 0 radical (unpaired) electrons. The van der Waals surface area contributed by atoms with Crippen molar-refractivity contribution in [2.45, 2.75) is 33.2 Å². The maximum absolute atomic E-state index is 12.0. The van der Waals surface area contributed by atoms with Crippen molar-refractivity contribution < 1.29 is 4.79 Å². The molecule has 0 bridgehead atoms. The summed E-state index contributed by atoms with van der Waals surface area (Å²) < 4.78 is 0. The molecule has 0 aliphatic heterocycles. The van der Waals surface area contributed by atoms with Crippen molar-refractivity contribution in [1.29, 1.82) is 0 Å². The minimum absolute atomic E-state index is 0.00708. The number of hydrogen-bond acceptors (Lipinski definition) is 2. The van der Waals surface area contributed by atoms with Gasteiger partial charge in [0.15, 0.2) is 0 Å². The number of nitrogens with two attached hydrogens (primary N) is 1. The summed E-state index contributed by atoms with van der Waals surface area (Å²) in [5, 5.41) is 0. The van der Waals surface area contributed by atoms with E-state index in [1.54, 1.807) is 0 Å². The van der Waals surface area contributed by atoms with E-state index in [0.717, 1.165) is 13.0 Å². The molecule has 1 aliphatic rings. The fourth-order valence-corrected chi connectivity index (χ4v) is 1.98. The maximum Gasteiger partial charge on any atom is 0.229 e. The molecule has 1 aliphatic carbocycles. The topological polar surface area (TPSA) is 46.3 Å². The van der Waals surface area contributed by atoms with E-state index in [4.69, 9.17) is 5.73 Å². The van der Waals surface area contributed by atoms with Gasteiger partial charge in [-0.25, -0.2) is 0 Å². The summed E-state index contributed by atoms with van der Waals surface area (Å²) in [4.78, 5) is 13.8. The van der Waals surface area contributed by atoms with Crippen LogP contribution in [0, 0.1) is 11.3 Å². The van der Waals surface area contributed by atoms with Gasteiger partial charge in [0.05, 0.1) is 5.92 Å². The Morgan fingerprint density at radius 2 is 2.07 bits per heavy atom.